The minimum Gasteiger partial charge on any atom is -0.393 e. The second-order valence-electron chi connectivity index (χ2n) is 8.92. The van der Waals surface area contributed by atoms with E-state index in [2.05, 4.69) is 14.6 Å². The number of carbonyl (C=O) groups excluding carboxylic acids is 1. The Morgan fingerprint density at radius 1 is 1.23 bits per heavy atom. The zero-order chi connectivity index (χ0) is 21.5. The summed E-state index contributed by atoms with van der Waals surface area (Å²) in [6, 6.07) is 1.79. The molecule has 1 aliphatic carbocycles. The second-order valence-corrected chi connectivity index (χ2v) is 11.1. The molecule has 10 heteroatoms. The van der Waals surface area contributed by atoms with Crippen LogP contribution in [0.25, 0.3) is 0 Å². The zero-order valence-electron chi connectivity index (χ0n) is 17.2. The number of aliphatic hydroxyl groups excluding tert-OH is 1. The molecule has 2 aliphatic heterocycles. The van der Waals surface area contributed by atoms with E-state index in [0.717, 1.165) is 64.3 Å². The number of hydrogen-bond acceptors (Lipinski definition) is 6. The molecule has 2 N–H and O–H groups in total. The van der Waals surface area contributed by atoms with Gasteiger partial charge in [-0.1, -0.05) is 11.6 Å². The van der Waals surface area contributed by atoms with Crippen molar-refractivity contribution < 1.29 is 18.3 Å². The summed E-state index contributed by atoms with van der Waals surface area (Å²) in [6.45, 7) is 2.10. The molecule has 3 fully saturated rings. The molecule has 1 saturated carbocycles. The minimum atomic E-state index is -3.41. The number of rotatable bonds is 4. The van der Waals surface area contributed by atoms with Crippen LogP contribution >= 0.6 is 11.6 Å². The number of likely N-dealkylation sites (tertiary alicyclic amines) is 1. The highest BCUT2D eigenvalue weighted by molar-refractivity contribution is 7.92. The van der Waals surface area contributed by atoms with Gasteiger partial charge in [0, 0.05) is 25.7 Å². The van der Waals surface area contributed by atoms with E-state index in [1.54, 1.807) is 6.07 Å². The van der Waals surface area contributed by atoms with Gasteiger partial charge in [0.15, 0.2) is 0 Å². The zero-order valence-corrected chi connectivity index (χ0v) is 18.8. The molecule has 0 radical (unpaired) electrons. The summed E-state index contributed by atoms with van der Waals surface area (Å²) in [5.74, 6) is 0.807. The van der Waals surface area contributed by atoms with E-state index in [1.807, 2.05) is 4.90 Å². The van der Waals surface area contributed by atoms with E-state index in [0.29, 0.717) is 23.1 Å². The molecule has 0 unspecified atom stereocenters. The summed E-state index contributed by atoms with van der Waals surface area (Å²) < 4.78 is 25.3. The van der Waals surface area contributed by atoms with E-state index in [4.69, 9.17) is 11.6 Å². The Hall–Kier alpha value is -1.58. The lowest BCUT2D eigenvalue weighted by molar-refractivity contribution is -0.139. The molecule has 4 rings (SSSR count). The van der Waals surface area contributed by atoms with Crippen LogP contribution in [0.15, 0.2) is 12.3 Å². The Labute approximate surface area is 182 Å². The number of amides is 1. The van der Waals surface area contributed by atoms with Crippen molar-refractivity contribution in [3.8, 4) is 0 Å². The highest BCUT2D eigenvalue weighted by Gasteiger charge is 2.51. The van der Waals surface area contributed by atoms with Crippen LogP contribution in [0.5, 0.6) is 0 Å². The number of pyridine rings is 1. The molecule has 1 aromatic rings. The van der Waals surface area contributed by atoms with Gasteiger partial charge < -0.3 is 14.9 Å². The van der Waals surface area contributed by atoms with Gasteiger partial charge in [-0.25, -0.2) is 13.4 Å². The van der Waals surface area contributed by atoms with Gasteiger partial charge >= 0.3 is 0 Å². The van der Waals surface area contributed by atoms with Crippen LogP contribution in [0.3, 0.4) is 0 Å². The summed E-state index contributed by atoms with van der Waals surface area (Å²) >= 11 is 6.43. The Morgan fingerprint density at radius 2 is 1.97 bits per heavy atom. The van der Waals surface area contributed by atoms with Crippen LogP contribution < -0.4 is 9.62 Å². The third-order valence-electron chi connectivity index (χ3n) is 6.65. The Morgan fingerprint density at radius 3 is 2.63 bits per heavy atom. The maximum absolute atomic E-state index is 13.4. The van der Waals surface area contributed by atoms with Crippen molar-refractivity contribution >= 4 is 39.0 Å². The van der Waals surface area contributed by atoms with Crippen LogP contribution in [-0.2, 0) is 14.8 Å². The SMILES string of the molecule is CS(=O)(=O)Nc1cnc(N2CCC[C@]3(CCN([C@H]4CC[C@H](O)CC4)C3=O)C2)c(Cl)c1. The average molecular weight is 457 g/mol. The van der Waals surface area contributed by atoms with Gasteiger partial charge in [0.05, 0.1) is 34.7 Å². The fourth-order valence-electron chi connectivity index (χ4n) is 5.19. The molecule has 1 spiro atoms. The summed E-state index contributed by atoms with van der Waals surface area (Å²) in [6.07, 6.45) is 8.14. The normalized spacial score (nSPS) is 30.2. The number of aliphatic hydroxyl groups is 1. The van der Waals surface area contributed by atoms with Crippen molar-refractivity contribution in [1.82, 2.24) is 9.88 Å². The number of aromatic nitrogens is 1. The topological polar surface area (TPSA) is 103 Å². The maximum Gasteiger partial charge on any atom is 0.230 e. The molecule has 8 nitrogen and oxygen atoms in total. The number of nitrogens with zero attached hydrogens (tertiary/aromatic N) is 3. The van der Waals surface area contributed by atoms with Crippen LogP contribution in [-0.4, -0.2) is 67.4 Å². The van der Waals surface area contributed by atoms with Crippen molar-refractivity contribution in [3.63, 3.8) is 0 Å². The summed E-state index contributed by atoms with van der Waals surface area (Å²) in [5.41, 5.74) is -0.0937. The number of carbonyl (C=O) groups is 1. The van der Waals surface area contributed by atoms with Crippen molar-refractivity contribution in [2.45, 2.75) is 57.1 Å². The Bertz CT molecular complexity index is 919. The number of anilines is 2. The van der Waals surface area contributed by atoms with E-state index in [1.165, 1.54) is 6.20 Å². The van der Waals surface area contributed by atoms with E-state index in [9.17, 15) is 18.3 Å². The van der Waals surface area contributed by atoms with E-state index in [-0.39, 0.29) is 18.1 Å². The predicted molar refractivity (Wildman–Crippen MR) is 116 cm³/mol. The lowest BCUT2D eigenvalue weighted by Crippen LogP contribution is -2.50. The molecule has 1 aromatic heterocycles. The second kappa shape index (κ2) is 8.16. The lowest BCUT2D eigenvalue weighted by atomic mass is 9.78. The van der Waals surface area contributed by atoms with Crippen LogP contribution in [0.4, 0.5) is 11.5 Å². The molecular weight excluding hydrogens is 428 g/mol. The first-order valence-corrected chi connectivity index (χ1v) is 12.8. The largest absolute Gasteiger partial charge is 0.393 e. The van der Waals surface area contributed by atoms with Crippen molar-refractivity contribution in [1.29, 1.82) is 0 Å². The summed E-state index contributed by atoms with van der Waals surface area (Å²) in [7, 11) is -3.41. The quantitative estimate of drug-likeness (QED) is 0.720. The predicted octanol–water partition coefficient (Wildman–Crippen LogP) is 2.23. The molecule has 0 aromatic carbocycles. The van der Waals surface area contributed by atoms with Gasteiger partial charge in [0.2, 0.25) is 15.9 Å². The molecule has 166 valence electrons. The van der Waals surface area contributed by atoms with E-state index < -0.39 is 15.4 Å². The van der Waals surface area contributed by atoms with Gasteiger partial charge in [0.1, 0.15) is 5.82 Å². The number of halogens is 1. The van der Waals surface area contributed by atoms with Gasteiger partial charge in [0.25, 0.3) is 0 Å². The number of piperidine rings is 1. The molecule has 3 aliphatic rings. The van der Waals surface area contributed by atoms with Crippen molar-refractivity contribution in [2.24, 2.45) is 5.41 Å². The first-order chi connectivity index (χ1) is 14.2. The highest BCUT2D eigenvalue weighted by Crippen LogP contribution is 2.44. The Kier molecular flexibility index (Phi) is 5.89. The number of hydrogen-bond donors (Lipinski definition) is 2. The third kappa shape index (κ3) is 4.38. The third-order valence-corrected chi connectivity index (χ3v) is 7.54. The summed E-state index contributed by atoms with van der Waals surface area (Å²) in [5, 5.41) is 10.1. The maximum atomic E-state index is 13.4. The molecular formula is C20H29ClN4O4S. The number of sulfonamides is 1. The fourth-order valence-corrected chi connectivity index (χ4v) is 6.02. The number of nitrogens with one attached hydrogen (secondary N) is 1. The van der Waals surface area contributed by atoms with Crippen molar-refractivity contribution in [3.05, 3.63) is 17.3 Å². The highest BCUT2D eigenvalue weighted by atomic mass is 35.5. The van der Waals surface area contributed by atoms with E-state index >= 15 is 0 Å². The van der Waals surface area contributed by atoms with Gasteiger partial charge in [-0.3, -0.25) is 9.52 Å². The van der Waals surface area contributed by atoms with Crippen LogP contribution in [0, 0.1) is 5.41 Å². The average Bonchev–Trinajstić information content (AvgIpc) is 2.97. The molecule has 0 bridgehead atoms. The van der Waals surface area contributed by atoms with Gasteiger partial charge in [-0.2, -0.15) is 0 Å². The minimum absolute atomic E-state index is 0.222. The van der Waals surface area contributed by atoms with Gasteiger partial charge in [-0.05, 0) is 51.0 Å². The lowest BCUT2D eigenvalue weighted by Gasteiger charge is -2.41. The molecule has 1 amide bonds. The molecule has 3 heterocycles. The molecule has 1 atom stereocenters. The fraction of sp³-hybridized carbons (Fsp3) is 0.700. The van der Waals surface area contributed by atoms with Crippen LogP contribution in [0.1, 0.15) is 44.9 Å². The van der Waals surface area contributed by atoms with Crippen molar-refractivity contribution in [2.75, 3.05) is 35.5 Å². The first-order valence-electron chi connectivity index (χ1n) is 10.5. The monoisotopic (exact) mass is 456 g/mol. The Balaban J connectivity index is 1.49. The summed E-state index contributed by atoms with van der Waals surface area (Å²) in [4.78, 5) is 21.9. The first kappa shape index (κ1) is 21.6. The molecule has 2 saturated heterocycles. The molecule has 30 heavy (non-hydrogen) atoms. The smallest absolute Gasteiger partial charge is 0.230 e. The standard InChI is InChI=1S/C20H29ClN4O4S/c1-30(28,29)23-14-11-17(21)18(22-12-14)24-9-2-7-20(13-24)8-10-25(19(20)27)15-3-5-16(26)6-4-15/h11-12,15-16,23,26H,2-10,13H2,1H3/t15-,16-,20-/m0/s1. The van der Waals surface area contributed by atoms with Gasteiger partial charge in [-0.15, -0.1) is 0 Å². The van der Waals surface area contributed by atoms with Crippen LogP contribution in [0.2, 0.25) is 5.02 Å².